The topological polar surface area (TPSA) is 18.5 Å². The average Bonchev–Trinajstić information content (AvgIpc) is 2.29. The summed E-state index contributed by atoms with van der Waals surface area (Å²) in [6, 6.07) is 0. The van der Waals surface area contributed by atoms with Crippen molar-refractivity contribution in [2.24, 2.45) is 0 Å². The number of hydrogen-bond acceptors (Lipinski definition) is 2. The fourth-order valence-corrected chi connectivity index (χ4v) is 3.11. The fraction of sp³-hybridized carbons (Fsp3) is 0.778. The second kappa shape index (κ2) is 8.09. The van der Waals surface area contributed by atoms with Crippen LogP contribution in [0.1, 0.15) is 41.5 Å². The van der Waals surface area contributed by atoms with Crippen LogP contribution < -0.4 is 0 Å². The first kappa shape index (κ1) is 21.8. The van der Waals surface area contributed by atoms with E-state index in [2.05, 4.69) is 92.0 Å². The molecule has 0 aromatic carbocycles. The van der Waals surface area contributed by atoms with Gasteiger partial charge < -0.3 is 8.85 Å². The van der Waals surface area contributed by atoms with Gasteiger partial charge in [-0.05, 0) is 36.3 Å². The fourth-order valence-electron chi connectivity index (χ4n) is 1.21. The van der Waals surface area contributed by atoms with Gasteiger partial charge in [-0.15, -0.1) is 0 Å². The monoisotopic (exact) mass is 342 g/mol. The summed E-state index contributed by atoms with van der Waals surface area (Å²) >= 11 is 0. The molecule has 0 aromatic rings. The van der Waals surface area contributed by atoms with Crippen LogP contribution in [0.15, 0.2) is 24.3 Å². The number of rotatable bonds is 7. The molecule has 4 heteroatoms. The molecule has 0 aliphatic rings. The third-order valence-corrected chi connectivity index (χ3v) is 14.1. The smallest absolute Gasteiger partial charge is 0.192 e. The molecule has 0 radical (unpaired) electrons. The third-order valence-electron chi connectivity index (χ3n) is 5.08. The molecule has 2 nitrogen and oxygen atoms in total. The van der Waals surface area contributed by atoms with Gasteiger partial charge in [0.05, 0.1) is 13.2 Å². The van der Waals surface area contributed by atoms with Crippen LogP contribution in [0.5, 0.6) is 0 Å². The van der Waals surface area contributed by atoms with Crippen LogP contribution in [0, 0.1) is 0 Å². The second-order valence-electron chi connectivity index (χ2n) is 9.00. The molecule has 0 amide bonds. The Balaban J connectivity index is 4.11. The van der Waals surface area contributed by atoms with Crippen LogP contribution in [-0.2, 0) is 8.85 Å². The Labute approximate surface area is 141 Å². The van der Waals surface area contributed by atoms with Crippen molar-refractivity contribution in [3.8, 4) is 0 Å². The Bertz CT molecular complexity index is 345. The molecule has 0 saturated carbocycles. The highest BCUT2D eigenvalue weighted by Gasteiger charge is 2.37. The van der Waals surface area contributed by atoms with Crippen LogP contribution in [0.3, 0.4) is 0 Å². The van der Waals surface area contributed by atoms with Gasteiger partial charge >= 0.3 is 0 Å². The van der Waals surface area contributed by atoms with Crippen molar-refractivity contribution in [1.82, 2.24) is 0 Å². The van der Waals surface area contributed by atoms with Crippen molar-refractivity contribution in [2.45, 2.75) is 77.8 Å². The molecule has 0 unspecified atom stereocenters. The van der Waals surface area contributed by atoms with Crippen molar-refractivity contribution in [3.05, 3.63) is 24.3 Å². The summed E-state index contributed by atoms with van der Waals surface area (Å²) < 4.78 is 12.2. The van der Waals surface area contributed by atoms with E-state index in [0.29, 0.717) is 13.2 Å². The van der Waals surface area contributed by atoms with Crippen molar-refractivity contribution < 1.29 is 8.85 Å². The zero-order chi connectivity index (χ0) is 17.7. The summed E-state index contributed by atoms with van der Waals surface area (Å²) in [6.07, 6.45) is 8.29. The van der Waals surface area contributed by atoms with Crippen molar-refractivity contribution in [1.29, 1.82) is 0 Å². The maximum absolute atomic E-state index is 6.09. The van der Waals surface area contributed by atoms with E-state index >= 15 is 0 Å². The minimum Gasteiger partial charge on any atom is -0.413 e. The predicted molar refractivity (Wildman–Crippen MR) is 105 cm³/mol. The lowest BCUT2D eigenvalue weighted by Gasteiger charge is -2.35. The molecule has 0 saturated heterocycles. The first-order valence-electron chi connectivity index (χ1n) is 8.30. The molecule has 0 N–H and O–H groups in total. The molecule has 0 atom stereocenters. The Morgan fingerprint density at radius 1 is 0.636 bits per heavy atom. The van der Waals surface area contributed by atoms with Gasteiger partial charge in [0.25, 0.3) is 0 Å². The Kier molecular flexibility index (Phi) is 8.03. The molecule has 0 aromatic heterocycles. The lowest BCUT2D eigenvalue weighted by molar-refractivity contribution is 0.327. The second-order valence-corrected chi connectivity index (χ2v) is 18.6. The van der Waals surface area contributed by atoms with E-state index in [1.165, 1.54) is 0 Å². The standard InChI is InChI=1S/C18H38O2Si2/c1-17(2,3)21(7,8)19-15-13-11-12-14-16-20-22(9,10)18(4,5)6/h11-14H,15-16H2,1-10H3/b13-11-,14-12-. The molecule has 0 fully saturated rings. The van der Waals surface area contributed by atoms with E-state index < -0.39 is 16.6 Å². The van der Waals surface area contributed by atoms with Crippen LogP contribution >= 0.6 is 0 Å². The normalized spacial score (nSPS) is 15.2. The van der Waals surface area contributed by atoms with Crippen molar-refractivity contribution >= 4 is 16.6 Å². The van der Waals surface area contributed by atoms with E-state index in [9.17, 15) is 0 Å². The summed E-state index contributed by atoms with van der Waals surface area (Å²) in [5.74, 6) is 0. The molecule has 0 bridgehead atoms. The predicted octanol–water partition coefficient (Wildman–Crippen LogP) is 6.14. The van der Waals surface area contributed by atoms with Crippen LogP contribution in [0.2, 0.25) is 36.3 Å². The molecular formula is C18H38O2Si2. The molecule has 0 aliphatic carbocycles. The zero-order valence-corrected chi connectivity index (χ0v) is 18.5. The molecule has 0 rings (SSSR count). The third kappa shape index (κ3) is 7.40. The van der Waals surface area contributed by atoms with Gasteiger partial charge in [-0.2, -0.15) is 0 Å². The summed E-state index contributed by atoms with van der Waals surface area (Å²) in [7, 11) is -3.24. The highest BCUT2D eigenvalue weighted by Crippen LogP contribution is 2.37. The van der Waals surface area contributed by atoms with Crippen molar-refractivity contribution in [2.75, 3.05) is 13.2 Å². The Morgan fingerprint density at radius 3 is 1.14 bits per heavy atom. The first-order valence-corrected chi connectivity index (χ1v) is 14.1. The highest BCUT2D eigenvalue weighted by molar-refractivity contribution is 6.74. The SMILES string of the molecule is CC(C)(C)[Si](C)(C)OC/C=C\C=C/CO[Si](C)(C)C(C)(C)C. The van der Waals surface area contributed by atoms with E-state index in [1.807, 2.05) is 0 Å². The first-order chi connectivity index (χ1) is 9.71. The van der Waals surface area contributed by atoms with Gasteiger partial charge in [0.2, 0.25) is 0 Å². The van der Waals surface area contributed by atoms with Gasteiger partial charge in [0.15, 0.2) is 16.6 Å². The number of hydrogen-bond donors (Lipinski definition) is 0. The average molecular weight is 343 g/mol. The van der Waals surface area contributed by atoms with Crippen LogP contribution in [0.25, 0.3) is 0 Å². The van der Waals surface area contributed by atoms with E-state index in [-0.39, 0.29) is 10.1 Å². The summed E-state index contributed by atoms with van der Waals surface area (Å²) in [4.78, 5) is 0. The summed E-state index contributed by atoms with van der Waals surface area (Å²) in [5.41, 5.74) is 0. The number of allylic oxidation sites excluding steroid dienone is 2. The van der Waals surface area contributed by atoms with Crippen LogP contribution in [-0.4, -0.2) is 29.8 Å². The maximum atomic E-state index is 6.09. The molecule has 130 valence electrons. The van der Waals surface area contributed by atoms with Gasteiger partial charge in [-0.3, -0.25) is 0 Å². The molecule has 0 spiro atoms. The Hall–Kier alpha value is -0.166. The lowest BCUT2D eigenvalue weighted by atomic mass is 10.2. The summed E-state index contributed by atoms with van der Waals surface area (Å²) in [6.45, 7) is 24.1. The minimum absolute atomic E-state index is 0.272. The largest absolute Gasteiger partial charge is 0.413 e. The van der Waals surface area contributed by atoms with Gasteiger partial charge in [0.1, 0.15) is 0 Å². The van der Waals surface area contributed by atoms with Crippen LogP contribution in [0.4, 0.5) is 0 Å². The zero-order valence-electron chi connectivity index (χ0n) is 16.5. The molecule has 22 heavy (non-hydrogen) atoms. The van der Waals surface area contributed by atoms with Gasteiger partial charge in [-0.25, -0.2) is 0 Å². The highest BCUT2D eigenvalue weighted by atomic mass is 28.4. The Morgan fingerprint density at radius 2 is 0.909 bits per heavy atom. The molecule has 0 heterocycles. The quantitative estimate of drug-likeness (QED) is 0.408. The minimum atomic E-state index is -1.62. The van der Waals surface area contributed by atoms with Gasteiger partial charge in [0, 0.05) is 0 Å². The van der Waals surface area contributed by atoms with E-state index in [1.54, 1.807) is 0 Å². The van der Waals surface area contributed by atoms with Gasteiger partial charge in [-0.1, -0.05) is 65.8 Å². The molecule has 0 aliphatic heterocycles. The maximum Gasteiger partial charge on any atom is 0.192 e. The van der Waals surface area contributed by atoms with E-state index in [0.717, 1.165) is 0 Å². The summed E-state index contributed by atoms with van der Waals surface area (Å²) in [5, 5.41) is 0.543. The lowest BCUT2D eigenvalue weighted by Crippen LogP contribution is -2.40. The van der Waals surface area contributed by atoms with Crippen molar-refractivity contribution in [3.63, 3.8) is 0 Å². The van der Waals surface area contributed by atoms with E-state index in [4.69, 9.17) is 8.85 Å². The molecular weight excluding hydrogens is 304 g/mol.